The normalized spacial score (nSPS) is 14.4. The van der Waals surface area contributed by atoms with Crippen LogP contribution in [0.3, 0.4) is 0 Å². The van der Waals surface area contributed by atoms with E-state index in [1.165, 1.54) is 24.3 Å². The number of amides is 3. The smallest absolute Gasteiger partial charge is 0.321 e. The van der Waals surface area contributed by atoms with Gasteiger partial charge in [-0.05, 0) is 73.7 Å². The number of nitrogens with zero attached hydrogens (tertiary/aromatic N) is 1. The summed E-state index contributed by atoms with van der Waals surface area (Å²) >= 11 is 0. The quantitative estimate of drug-likeness (QED) is 0.259. The number of ether oxygens (including phenoxy) is 2. The molecule has 1 heterocycles. The van der Waals surface area contributed by atoms with Crippen molar-refractivity contribution in [1.82, 2.24) is 10.2 Å². The van der Waals surface area contributed by atoms with Crippen LogP contribution in [0, 0.1) is 11.7 Å². The highest BCUT2D eigenvalue weighted by molar-refractivity contribution is 5.94. The van der Waals surface area contributed by atoms with Gasteiger partial charge in [0.1, 0.15) is 35.5 Å². The number of carbonyl (C=O) groups is 2. The minimum Gasteiger partial charge on any atom is -0.457 e. The first-order valence-electron chi connectivity index (χ1n) is 13.6. The maximum atomic E-state index is 13.4. The first-order valence-corrected chi connectivity index (χ1v) is 13.6. The van der Waals surface area contributed by atoms with Crippen molar-refractivity contribution in [2.45, 2.75) is 38.7 Å². The summed E-state index contributed by atoms with van der Waals surface area (Å²) < 4.78 is 37.6. The van der Waals surface area contributed by atoms with Crippen LogP contribution in [0.1, 0.15) is 43.5 Å². The van der Waals surface area contributed by atoms with Gasteiger partial charge in [0.25, 0.3) is 5.91 Å². The molecule has 3 aromatic carbocycles. The van der Waals surface area contributed by atoms with Crippen molar-refractivity contribution in [3.05, 3.63) is 78.1 Å². The third kappa shape index (κ3) is 8.65. The van der Waals surface area contributed by atoms with Gasteiger partial charge >= 0.3 is 6.03 Å². The number of benzene rings is 3. The molecule has 0 spiro atoms. The molecule has 10 heteroatoms. The number of halogens is 2. The molecule has 1 aliphatic rings. The average molecular weight is 568 g/mol. The van der Waals surface area contributed by atoms with E-state index in [0.717, 1.165) is 0 Å². The van der Waals surface area contributed by atoms with Gasteiger partial charge in [-0.15, -0.1) is 0 Å². The van der Waals surface area contributed by atoms with E-state index >= 15 is 0 Å². The number of aliphatic hydroxyl groups is 1. The molecule has 0 saturated carbocycles. The molecule has 0 unspecified atom stereocenters. The van der Waals surface area contributed by atoms with Crippen molar-refractivity contribution in [3.63, 3.8) is 0 Å². The van der Waals surface area contributed by atoms with Gasteiger partial charge < -0.3 is 30.1 Å². The van der Waals surface area contributed by atoms with Gasteiger partial charge in [-0.3, -0.25) is 4.79 Å². The lowest BCUT2D eigenvalue weighted by atomic mass is 9.84. The van der Waals surface area contributed by atoms with Crippen LogP contribution in [0.4, 0.5) is 19.3 Å². The predicted octanol–water partition coefficient (Wildman–Crippen LogP) is 6.51. The molecule has 1 saturated heterocycles. The molecule has 1 aliphatic heterocycles. The summed E-state index contributed by atoms with van der Waals surface area (Å²) in [4.78, 5) is 26.8. The zero-order valence-corrected chi connectivity index (χ0v) is 23.2. The number of carbonyl (C=O) groups excluding carboxylic acids is 2. The minimum atomic E-state index is -0.766. The van der Waals surface area contributed by atoms with E-state index in [-0.39, 0.29) is 12.6 Å². The number of urea groups is 1. The Morgan fingerprint density at radius 2 is 1.49 bits per heavy atom. The standard InChI is InChI=1S/C31H35F2N3O5/c1-21(2)20-31(39)11-15-36(16-12-31)30(38)35-24-17-27(19-28(18-24)41-26-9-5-23(33)6-10-26)40-25-7-3-22(4-8-25)29(37)34-14-13-32/h3-10,17-19,21,39H,11-16,20H2,1-2H3,(H,34,37)(H,35,38). The molecule has 0 radical (unpaired) electrons. The van der Waals surface area contributed by atoms with Crippen LogP contribution in [-0.4, -0.2) is 53.9 Å². The first-order chi connectivity index (χ1) is 19.6. The molecule has 0 aromatic heterocycles. The Hall–Kier alpha value is -4.18. The lowest BCUT2D eigenvalue weighted by molar-refractivity contribution is -0.0268. The topological polar surface area (TPSA) is 100 Å². The summed E-state index contributed by atoms with van der Waals surface area (Å²) in [5, 5.41) is 16.2. The van der Waals surface area contributed by atoms with Gasteiger partial charge in [0.05, 0.1) is 5.60 Å². The SMILES string of the molecule is CC(C)CC1(O)CCN(C(=O)Nc2cc(Oc3ccc(F)cc3)cc(Oc3ccc(C(=O)NCCF)cc3)c2)CC1. The van der Waals surface area contributed by atoms with Gasteiger partial charge in [0, 0.05) is 49.1 Å². The monoisotopic (exact) mass is 567 g/mol. The molecule has 4 rings (SSSR count). The third-order valence-electron chi connectivity index (χ3n) is 6.68. The van der Waals surface area contributed by atoms with Crippen molar-refractivity contribution in [1.29, 1.82) is 0 Å². The number of hydrogen-bond donors (Lipinski definition) is 3. The lowest BCUT2D eigenvalue weighted by Crippen LogP contribution is -2.48. The van der Waals surface area contributed by atoms with Crippen LogP contribution in [0.2, 0.25) is 0 Å². The molecule has 41 heavy (non-hydrogen) atoms. The molecule has 3 aromatic rings. The van der Waals surface area contributed by atoms with Crippen LogP contribution in [-0.2, 0) is 0 Å². The number of rotatable bonds is 10. The molecule has 218 valence electrons. The highest BCUT2D eigenvalue weighted by Crippen LogP contribution is 2.34. The van der Waals surface area contributed by atoms with Gasteiger partial charge in [-0.25, -0.2) is 13.6 Å². The number of hydrogen-bond acceptors (Lipinski definition) is 5. The third-order valence-corrected chi connectivity index (χ3v) is 6.68. The van der Waals surface area contributed by atoms with Gasteiger partial charge in [-0.1, -0.05) is 13.8 Å². The molecule has 0 bridgehead atoms. The van der Waals surface area contributed by atoms with Crippen molar-refractivity contribution in [3.8, 4) is 23.0 Å². The van der Waals surface area contributed by atoms with Crippen molar-refractivity contribution in [2.75, 3.05) is 31.6 Å². The fraction of sp³-hybridized carbons (Fsp3) is 0.355. The highest BCUT2D eigenvalue weighted by Gasteiger charge is 2.34. The zero-order valence-electron chi connectivity index (χ0n) is 23.2. The Morgan fingerprint density at radius 1 is 0.927 bits per heavy atom. The van der Waals surface area contributed by atoms with E-state index < -0.39 is 24.0 Å². The summed E-state index contributed by atoms with van der Waals surface area (Å²) in [7, 11) is 0. The summed E-state index contributed by atoms with van der Waals surface area (Å²) in [5.74, 6) is 1.07. The number of anilines is 1. The van der Waals surface area contributed by atoms with Crippen LogP contribution in [0.5, 0.6) is 23.0 Å². The fourth-order valence-electron chi connectivity index (χ4n) is 4.77. The van der Waals surface area contributed by atoms with Crippen molar-refractivity contribution >= 4 is 17.6 Å². The van der Waals surface area contributed by atoms with E-state index in [1.54, 1.807) is 47.4 Å². The predicted molar refractivity (Wildman–Crippen MR) is 152 cm³/mol. The van der Waals surface area contributed by atoms with Gasteiger partial charge in [0.2, 0.25) is 0 Å². The maximum absolute atomic E-state index is 13.4. The average Bonchev–Trinajstić information content (AvgIpc) is 2.93. The van der Waals surface area contributed by atoms with E-state index in [2.05, 4.69) is 24.5 Å². The highest BCUT2D eigenvalue weighted by atomic mass is 19.1. The van der Waals surface area contributed by atoms with E-state index in [1.807, 2.05) is 0 Å². The number of nitrogens with one attached hydrogen (secondary N) is 2. The van der Waals surface area contributed by atoms with Crippen LogP contribution in [0.25, 0.3) is 0 Å². The summed E-state index contributed by atoms with van der Waals surface area (Å²) in [6, 6.07) is 16.4. The lowest BCUT2D eigenvalue weighted by Gasteiger charge is -2.39. The Bertz CT molecular complexity index is 1320. The van der Waals surface area contributed by atoms with E-state index in [0.29, 0.717) is 72.5 Å². The largest absolute Gasteiger partial charge is 0.457 e. The number of likely N-dealkylation sites (tertiary alicyclic amines) is 1. The molecule has 3 amide bonds. The van der Waals surface area contributed by atoms with Crippen LogP contribution in [0.15, 0.2) is 66.7 Å². The Morgan fingerprint density at radius 3 is 2.02 bits per heavy atom. The van der Waals surface area contributed by atoms with E-state index in [9.17, 15) is 23.5 Å². The Labute approximate surface area is 238 Å². The Kier molecular flexibility index (Phi) is 9.78. The summed E-state index contributed by atoms with van der Waals surface area (Å²) in [5.41, 5.74) is 0.00189. The van der Waals surface area contributed by atoms with Crippen LogP contribution >= 0.6 is 0 Å². The number of piperidine rings is 1. The Balaban J connectivity index is 1.50. The summed E-state index contributed by atoms with van der Waals surface area (Å²) in [6.07, 6.45) is 1.69. The second-order valence-corrected chi connectivity index (χ2v) is 10.6. The van der Waals surface area contributed by atoms with Crippen molar-refractivity contribution < 1.29 is 33.0 Å². The fourth-order valence-corrected chi connectivity index (χ4v) is 4.77. The van der Waals surface area contributed by atoms with Crippen molar-refractivity contribution in [2.24, 2.45) is 5.92 Å². The molecular formula is C31H35F2N3O5. The molecule has 1 fully saturated rings. The second kappa shape index (κ2) is 13.5. The summed E-state index contributed by atoms with van der Waals surface area (Å²) in [6.45, 7) is 4.27. The molecule has 3 N–H and O–H groups in total. The van der Waals surface area contributed by atoms with Gasteiger partial charge in [0.15, 0.2) is 0 Å². The van der Waals surface area contributed by atoms with E-state index in [4.69, 9.17) is 9.47 Å². The molecule has 0 aliphatic carbocycles. The second-order valence-electron chi connectivity index (χ2n) is 10.6. The number of alkyl halides is 1. The molecule has 8 nitrogen and oxygen atoms in total. The maximum Gasteiger partial charge on any atom is 0.321 e. The minimum absolute atomic E-state index is 0.0668. The van der Waals surface area contributed by atoms with Crippen LogP contribution < -0.4 is 20.1 Å². The zero-order chi connectivity index (χ0) is 29.4. The molecular weight excluding hydrogens is 532 g/mol. The first kappa shape index (κ1) is 29.8. The van der Waals surface area contributed by atoms with Gasteiger partial charge in [-0.2, -0.15) is 0 Å². The molecule has 0 atom stereocenters.